The highest BCUT2D eigenvalue weighted by Gasteiger charge is 2.49. The fourth-order valence-electron chi connectivity index (χ4n) is 7.03. The lowest BCUT2D eigenvalue weighted by atomic mass is 9.95. The molecule has 234 valence electrons. The summed E-state index contributed by atoms with van der Waals surface area (Å²) in [6.45, 7) is 2.11. The van der Waals surface area contributed by atoms with Crippen molar-refractivity contribution in [2.45, 2.75) is 50.4 Å². The Morgan fingerprint density at radius 2 is 2.00 bits per heavy atom. The number of nitrogen functional groups attached to an aromatic ring is 1. The highest BCUT2D eigenvalue weighted by molar-refractivity contribution is 6.03. The van der Waals surface area contributed by atoms with Crippen LogP contribution >= 0.6 is 0 Å². The third-order valence-corrected chi connectivity index (χ3v) is 9.04. The average Bonchev–Trinajstić information content (AvgIpc) is 3.49. The van der Waals surface area contributed by atoms with Gasteiger partial charge >= 0.3 is 0 Å². The van der Waals surface area contributed by atoms with Crippen molar-refractivity contribution in [3.63, 3.8) is 0 Å². The van der Waals surface area contributed by atoms with Crippen LogP contribution in [0.15, 0.2) is 24.3 Å². The minimum absolute atomic E-state index is 0.00530. The molecule has 7 rings (SSSR count). The molecule has 8 nitrogen and oxygen atoms in total. The van der Waals surface area contributed by atoms with Crippen molar-refractivity contribution in [3.05, 3.63) is 41.5 Å². The Balaban J connectivity index is 1.45. The molecule has 2 saturated heterocycles. The molecule has 0 radical (unpaired) electrons. The number of hydrogen-bond donors (Lipinski definition) is 1. The molecule has 2 fully saturated rings. The Bertz CT molecular complexity index is 1880. The molecule has 3 aliphatic rings. The number of pyridine rings is 3. The van der Waals surface area contributed by atoms with Gasteiger partial charge in [0, 0.05) is 24.4 Å². The number of alkyl halides is 3. The number of fused-ring (bicyclic) bond motifs is 2. The van der Waals surface area contributed by atoms with Gasteiger partial charge in [-0.05, 0) is 43.8 Å². The van der Waals surface area contributed by atoms with Crippen molar-refractivity contribution in [2.24, 2.45) is 0 Å². The SMILES string of the molecule is C#Cc1c(F)ccc2cc(N)nc(-c3nc4c5c(cc(OC[C@@]67CCCN6C[C@H](F)C7)nc5c3F)N(CC(F)F)[C@@H](C)CO4)c12. The third kappa shape index (κ3) is 4.82. The van der Waals surface area contributed by atoms with E-state index in [4.69, 9.17) is 21.6 Å². The Hall–Kier alpha value is -4.44. The van der Waals surface area contributed by atoms with Gasteiger partial charge in [-0.2, -0.15) is 0 Å². The highest BCUT2D eigenvalue weighted by atomic mass is 19.3. The van der Waals surface area contributed by atoms with Crippen LogP contribution in [0.25, 0.3) is 33.1 Å². The summed E-state index contributed by atoms with van der Waals surface area (Å²) < 4.78 is 85.9. The van der Waals surface area contributed by atoms with Gasteiger partial charge in [-0.3, -0.25) is 4.90 Å². The van der Waals surface area contributed by atoms with E-state index in [0.29, 0.717) is 18.4 Å². The van der Waals surface area contributed by atoms with Crippen molar-refractivity contribution in [1.29, 1.82) is 0 Å². The number of terminal acetylenes is 1. The van der Waals surface area contributed by atoms with E-state index in [1.54, 1.807) is 6.92 Å². The fraction of sp³-hybridized carbons (Fsp3) is 0.406. The van der Waals surface area contributed by atoms with Gasteiger partial charge in [0.05, 0.1) is 34.8 Å². The summed E-state index contributed by atoms with van der Waals surface area (Å²) in [5.74, 6) is 0.505. The number of ether oxygens (including phenoxy) is 2. The number of hydrogen-bond acceptors (Lipinski definition) is 8. The van der Waals surface area contributed by atoms with Crippen LogP contribution in [-0.4, -0.2) is 76.9 Å². The van der Waals surface area contributed by atoms with Crippen LogP contribution in [0.5, 0.6) is 11.8 Å². The van der Waals surface area contributed by atoms with Gasteiger partial charge in [-0.25, -0.2) is 36.9 Å². The van der Waals surface area contributed by atoms with Gasteiger partial charge in [0.1, 0.15) is 47.9 Å². The molecular formula is C32H29F5N6O2. The van der Waals surface area contributed by atoms with Gasteiger partial charge in [0.25, 0.3) is 6.43 Å². The Kier molecular flexibility index (Phi) is 7.07. The van der Waals surface area contributed by atoms with E-state index in [9.17, 15) is 17.6 Å². The number of benzene rings is 1. The molecule has 6 heterocycles. The largest absolute Gasteiger partial charge is 0.476 e. The van der Waals surface area contributed by atoms with Crippen LogP contribution in [-0.2, 0) is 0 Å². The van der Waals surface area contributed by atoms with E-state index >= 15 is 4.39 Å². The fourth-order valence-corrected chi connectivity index (χ4v) is 7.03. The van der Waals surface area contributed by atoms with Crippen molar-refractivity contribution in [3.8, 4) is 35.5 Å². The standard InChI is InChI=1S/C32H29F5N6O2/c1-3-19-20(34)6-5-17-9-23(38)39-29(25(17)19)30-27(37)28-26-21(43(13-22(35)36)16(2)14-44-31(26)41-30)10-24(40-28)45-15-32-7-4-8-42(32)12-18(33)11-32/h1,5-6,9-10,16,18,22H,4,7-8,11-15H2,2H3,(H2,38,39)/t16-,18+,32-/m0/s1. The number of rotatable bonds is 6. The smallest absolute Gasteiger partial charge is 0.255 e. The number of anilines is 2. The van der Waals surface area contributed by atoms with Gasteiger partial charge in [-0.1, -0.05) is 12.0 Å². The van der Waals surface area contributed by atoms with E-state index in [0.717, 1.165) is 19.4 Å². The van der Waals surface area contributed by atoms with Gasteiger partial charge < -0.3 is 20.1 Å². The van der Waals surface area contributed by atoms with Crippen molar-refractivity contribution in [2.75, 3.05) is 43.5 Å². The van der Waals surface area contributed by atoms with Crippen molar-refractivity contribution >= 4 is 33.2 Å². The molecule has 3 atom stereocenters. The molecule has 2 N–H and O–H groups in total. The Morgan fingerprint density at radius 3 is 2.78 bits per heavy atom. The number of nitrogens with zero attached hydrogens (tertiary/aromatic N) is 5. The average molecular weight is 625 g/mol. The second-order valence-corrected chi connectivity index (χ2v) is 11.9. The maximum absolute atomic E-state index is 16.8. The second kappa shape index (κ2) is 10.9. The first-order chi connectivity index (χ1) is 21.6. The Labute approximate surface area is 255 Å². The monoisotopic (exact) mass is 624 g/mol. The van der Waals surface area contributed by atoms with Crippen LogP contribution in [0.1, 0.15) is 31.7 Å². The predicted molar refractivity (Wildman–Crippen MR) is 159 cm³/mol. The van der Waals surface area contributed by atoms with E-state index < -0.39 is 42.4 Å². The van der Waals surface area contributed by atoms with Gasteiger partial charge in [0.15, 0.2) is 5.82 Å². The normalized spacial score (nSPS) is 22.9. The van der Waals surface area contributed by atoms with E-state index in [1.807, 2.05) is 0 Å². The molecule has 0 bridgehead atoms. The summed E-state index contributed by atoms with van der Waals surface area (Å²) in [7, 11) is 0. The van der Waals surface area contributed by atoms with Crippen LogP contribution in [0, 0.1) is 24.0 Å². The molecule has 0 aliphatic carbocycles. The van der Waals surface area contributed by atoms with Gasteiger partial charge in [-0.15, -0.1) is 6.42 Å². The first kappa shape index (κ1) is 29.3. The molecule has 3 aromatic heterocycles. The van der Waals surface area contributed by atoms with Crippen LogP contribution in [0.2, 0.25) is 0 Å². The van der Waals surface area contributed by atoms with Crippen LogP contribution in [0.3, 0.4) is 0 Å². The maximum atomic E-state index is 16.8. The molecule has 0 spiro atoms. The van der Waals surface area contributed by atoms with Gasteiger partial charge in [0.2, 0.25) is 11.8 Å². The number of halogens is 5. The summed E-state index contributed by atoms with van der Waals surface area (Å²) >= 11 is 0. The zero-order chi connectivity index (χ0) is 31.6. The zero-order valence-electron chi connectivity index (χ0n) is 24.3. The quantitative estimate of drug-likeness (QED) is 0.223. The molecule has 0 saturated carbocycles. The topological polar surface area (TPSA) is 89.6 Å². The first-order valence-electron chi connectivity index (χ1n) is 14.7. The molecule has 4 aromatic rings. The first-order valence-corrected chi connectivity index (χ1v) is 14.7. The van der Waals surface area contributed by atoms with Crippen LogP contribution in [0.4, 0.5) is 33.5 Å². The van der Waals surface area contributed by atoms with E-state index in [1.165, 1.54) is 29.2 Å². The Morgan fingerprint density at radius 1 is 1.18 bits per heavy atom. The van der Waals surface area contributed by atoms with Crippen molar-refractivity contribution in [1.82, 2.24) is 19.9 Å². The highest BCUT2D eigenvalue weighted by Crippen LogP contribution is 2.45. The van der Waals surface area contributed by atoms with Crippen molar-refractivity contribution < 1.29 is 31.4 Å². The van der Waals surface area contributed by atoms with E-state index in [2.05, 4.69) is 25.8 Å². The van der Waals surface area contributed by atoms with E-state index in [-0.39, 0.29) is 69.7 Å². The number of nitrogens with two attached hydrogens (primary N) is 1. The summed E-state index contributed by atoms with van der Waals surface area (Å²) in [6.07, 6.45) is 3.85. The lowest BCUT2D eigenvalue weighted by Gasteiger charge is -2.32. The summed E-state index contributed by atoms with van der Waals surface area (Å²) in [5.41, 5.74) is 4.80. The third-order valence-electron chi connectivity index (χ3n) is 9.04. The molecule has 3 aliphatic heterocycles. The lowest BCUT2D eigenvalue weighted by molar-refractivity contribution is 0.111. The molecule has 45 heavy (non-hydrogen) atoms. The molecule has 0 amide bonds. The minimum Gasteiger partial charge on any atom is -0.476 e. The number of aromatic nitrogens is 3. The molecule has 1 aromatic carbocycles. The molecule has 13 heteroatoms. The molecular weight excluding hydrogens is 595 g/mol. The summed E-state index contributed by atoms with van der Waals surface area (Å²) in [4.78, 5) is 16.7. The van der Waals surface area contributed by atoms with Crippen LogP contribution < -0.4 is 20.1 Å². The minimum atomic E-state index is -2.72. The second-order valence-electron chi connectivity index (χ2n) is 11.9. The molecule has 0 unspecified atom stereocenters. The summed E-state index contributed by atoms with van der Waals surface area (Å²) in [6, 6.07) is 5.00. The predicted octanol–water partition coefficient (Wildman–Crippen LogP) is 5.49. The zero-order valence-corrected chi connectivity index (χ0v) is 24.3. The maximum Gasteiger partial charge on any atom is 0.255 e. The lowest BCUT2D eigenvalue weighted by Crippen LogP contribution is -2.43. The summed E-state index contributed by atoms with van der Waals surface area (Å²) in [5, 5.41) is 0.585.